The van der Waals surface area contributed by atoms with Gasteiger partial charge < -0.3 is 35.0 Å². The number of allylic oxidation sites excluding steroid dienone is 1. The van der Waals surface area contributed by atoms with Crippen molar-refractivity contribution >= 4 is 11.9 Å². The highest BCUT2D eigenvalue weighted by atomic mass is 16.7. The molecule has 1 aliphatic heterocycles. The predicted octanol–water partition coefficient (Wildman–Crippen LogP) is 5.01. The van der Waals surface area contributed by atoms with E-state index in [-0.39, 0.29) is 40.6 Å². The van der Waals surface area contributed by atoms with Crippen molar-refractivity contribution in [3.05, 3.63) is 11.6 Å². The summed E-state index contributed by atoms with van der Waals surface area (Å²) in [5, 5.41) is 53.2. The Bertz CT molecular complexity index is 1250. The first-order chi connectivity index (χ1) is 20.9. The molecule has 0 aromatic carbocycles. The summed E-state index contributed by atoms with van der Waals surface area (Å²) in [6.07, 6.45) is 2.36. The lowest BCUT2D eigenvalue weighted by atomic mass is 9.33. The van der Waals surface area contributed by atoms with Gasteiger partial charge in [0.1, 0.15) is 18.3 Å². The minimum Gasteiger partial charge on any atom is -0.481 e. The molecule has 0 amide bonds. The van der Waals surface area contributed by atoms with Crippen LogP contribution in [0.3, 0.4) is 0 Å². The van der Waals surface area contributed by atoms with E-state index in [1.54, 1.807) is 6.92 Å². The van der Waals surface area contributed by atoms with Crippen LogP contribution >= 0.6 is 0 Å². The Morgan fingerprint density at radius 3 is 2.16 bits per heavy atom. The number of ether oxygens (including phenoxy) is 2. The van der Waals surface area contributed by atoms with Gasteiger partial charge in [-0.2, -0.15) is 0 Å². The normalized spacial score (nSPS) is 54.0. The third kappa shape index (κ3) is 4.28. The number of carboxylic acids is 2. The van der Waals surface area contributed by atoms with Crippen LogP contribution in [0.25, 0.3) is 0 Å². The predicted molar refractivity (Wildman–Crippen MR) is 166 cm³/mol. The molecule has 1 saturated heterocycles. The Labute approximate surface area is 267 Å². The number of fused-ring (bicyclic) bond motifs is 7. The molecule has 0 spiro atoms. The molecular weight excluding hydrogens is 576 g/mol. The number of hydrogen-bond donors (Lipinski definition) is 5. The van der Waals surface area contributed by atoms with Crippen molar-refractivity contribution < 1.29 is 44.6 Å². The van der Waals surface area contributed by atoms with Crippen LogP contribution in [0.2, 0.25) is 0 Å². The van der Waals surface area contributed by atoms with Gasteiger partial charge in [0, 0.05) is 0 Å². The molecule has 5 N–H and O–H groups in total. The Morgan fingerprint density at radius 2 is 1.51 bits per heavy atom. The standard InChI is InChI=1S/C36H56O9/c1-18-10-15-35(30(40)41)16-17-36(31(42)43)21(25(35)19(18)2)8-9-23-33(6)13-12-24(32(4,5)22(33)11-14-34(23,36)7)45-29-28(39)27(38)26(37)20(3)44-29/h8,18-20,22-29,37-39H,9-17H2,1-7H3,(H,40,41)(H,42,43)/t18-,19+,20+,22+,23+,24+,25-,26+,27-,28+,29-,33+,34-,35+,36-/m1/s1. The van der Waals surface area contributed by atoms with Gasteiger partial charge in [-0.1, -0.05) is 53.2 Å². The monoisotopic (exact) mass is 632 g/mol. The van der Waals surface area contributed by atoms with Crippen LogP contribution in [0.5, 0.6) is 0 Å². The fraction of sp³-hybridized carbons (Fsp3) is 0.889. The van der Waals surface area contributed by atoms with Crippen LogP contribution in [-0.4, -0.2) is 74.3 Å². The van der Waals surface area contributed by atoms with Crippen molar-refractivity contribution in [3.63, 3.8) is 0 Å². The molecule has 0 aromatic heterocycles. The van der Waals surface area contributed by atoms with Crippen LogP contribution in [0, 0.1) is 56.7 Å². The number of carbonyl (C=O) groups is 2. The maximum Gasteiger partial charge on any atom is 0.314 e. The first-order valence-electron chi connectivity index (χ1n) is 17.4. The van der Waals surface area contributed by atoms with Gasteiger partial charge in [-0.25, -0.2) is 0 Å². The molecule has 4 saturated carbocycles. The summed E-state index contributed by atoms with van der Waals surface area (Å²) in [6.45, 7) is 15.0. The van der Waals surface area contributed by atoms with Crippen molar-refractivity contribution in [1.29, 1.82) is 0 Å². The average molecular weight is 633 g/mol. The third-order valence-electron chi connectivity index (χ3n) is 15.3. The number of aliphatic hydroxyl groups is 3. The van der Waals surface area contributed by atoms with Gasteiger partial charge >= 0.3 is 11.9 Å². The van der Waals surface area contributed by atoms with Crippen LogP contribution in [-0.2, 0) is 19.1 Å². The highest BCUT2D eigenvalue weighted by Gasteiger charge is 2.73. The lowest BCUT2D eigenvalue weighted by Gasteiger charge is -2.70. The second kappa shape index (κ2) is 10.7. The van der Waals surface area contributed by atoms with E-state index in [1.807, 2.05) is 0 Å². The van der Waals surface area contributed by atoms with Gasteiger partial charge in [-0.05, 0) is 111 Å². The second-order valence-electron chi connectivity index (χ2n) is 17.2. The first-order valence-corrected chi connectivity index (χ1v) is 17.4. The molecular formula is C36H56O9. The van der Waals surface area contributed by atoms with Crippen molar-refractivity contribution in [2.75, 3.05) is 0 Å². The molecule has 0 unspecified atom stereocenters. The highest BCUT2D eigenvalue weighted by Crippen LogP contribution is 2.76. The largest absolute Gasteiger partial charge is 0.481 e. The minimum absolute atomic E-state index is 0.0958. The van der Waals surface area contributed by atoms with Crippen molar-refractivity contribution in [2.45, 2.75) is 143 Å². The van der Waals surface area contributed by atoms with E-state index in [0.717, 1.165) is 37.7 Å². The zero-order chi connectivity index (χ0) is 33.1. The van der Waals surface area contributed by atoms with Crippen LogP contribution in [0.1, 0.15) is 106 Å². The molecule has 9 heteroatoms. The number of carboxylic acid groups (broad SMARTS) is 2. The number of hydrogen-bond acceptors (Lipinski definition) is 7. The molecule has 5 fully saturated rings. The molecule has 45 heavy (non-hydrogen) atoms. The Kier molecular flexibility index (Phi) is 7.97. The number of aliphatic carboxylic acids is 2. The molecule has 15 atom stereocenters. The molecule has 6 rings (SSSR count). The lowest BCUT2D eigenvalue weighted by Crippen LogP contribution is -2.68. The van der Waals surface area contributed by atoms with Gasteiger partial charge in [-0.15, -0.1) is 0 Å². The van der Waals surface area contributed by atoms with Crippen LogP contribution < -0.4 is 0 Å². The highest BCUT2D eigenvalue weighted by molar-refractivity contribution is 5.84. The Balaban J connectivity index is 1.35. The summed E-state index contributed by atoms with van der Waals surface area (Å²) >= 11 is 0. The maximum absolute atomic E-state index is 13.8. The van der Waals surface area contributed by atoms with E-state index in [9.17, 15) is 35.1 Å². The number of rotatable bonds is 4. The van der Waals surface area contributed by atoms with E-state index in [0.29, 0.717) is 31.6 Å². The van der Waals surface area contributed by atoms with Crippen LogP contribution in [0.15, 0.2) is 11.6 Å². The average Bonchev–Trinajstić information content (AvgIpc) is 2.97. The molecule has 9 nitrogen and oxygen atoms in total. The molecule has 1 heterocycles. The van der Waals surface area contributed by atoms with E-state index in [1.165, 1.54) is 0 Å². The molecule has 254 valence electrons. The van der Waals surface area contributed by atoms with Crippen LogP contribution in [0.4, 0.5) is 0 Å². The van der Waals surface area contributed by atoms with E-state index in [2.05, 4.69) is 47.6 Å². The van der Waals surface area contributed by atoms with Gasteiger partial charge in [0.15, 0.2) is 6.29 Å². The maximum atomic E-state index is 13.8. The van der Waals surface area contributed by atoms with Crippen molar-refractivity contribution in [1.82, 2.24) is 0 Å². The molecule has 5 aliphatic carbocycles. The molecule has 0 radical (unpaired) electrons. The molecule has 0 aromatic rings. The summed E-state index contributed by atoms with van der Waals surface area (Å²) in [4.78, 5) is 26.8. The van der Waals surface area contributed by atoms with E-state index >= 15 is 0 Å². The summed E-state index contributed by atoms with van der Waals surface area (Å²) in [7, 11) is 0. The van der Waals surface area contributed by atoms with Gasteiger partial charge in [0.05, 0.1) is 23.0 Å². The third-order valence-corrected chi connectivity index (χ3v) is 15.3. The summed E-state index contributed by atoms with van der Waals surface area (Å²) < 4.78 is 12.3. The fourth-order valence-corrected chi connectivity index (χ4v) is 12.5. The molecule has 6 aliphatic rings. The Morgan fingerprint density at radius 1 is 0.822 bits per heavy atom. The summed E-state index contributed by atoms with van der Waals surface area (Å²) in [6, 6.07) is 0. The topological polar surface area (TPSA) is 154 Å². The molecule has 0 bridgehead atoms. The van der Waals surface area contributed by atoms with Crippen molar-refractivity contribution in [2.24, 2.45) is 56.7 Å². The second-order valence-corrected chi connectivity index (χ2v) is 17.2. The summed E-state index contributed by atoms with van der Waals surface area (Å²) in [5.74, 6) is -1.08. The first kappa shape index (κ1) is 33.4. The van der Waals surface area contributed by atoms with Gasteiger partial charge in [0.25, 0.3) is 0 Å². The van der Waals surface area contributed by atoms with E-state index in [4.69, 9.17) is 9.47 Å². The van der Waals surface area contributed by atoms with Gasteiger partial charge in [-0.3, -0.25) is 9.59 Å². The lowest BCUT2D eigenvalue weighted by molar-refractivity contribution is -0.324. The Hall–Kier alpha value is -1.52. The summed E-state index contributed by atoms with van der Waals surface area (Å²) in [5.41, 5.74) is -2.13. The van der Waals surface area contributed by atoms with Crippen molar-refractivity contribution in [3.8, 4) is 0 Å². The van der Waals surface area contributed by atoms with E-state index < -0.39 is 58.9 Å². The zero-order valence-electron chi connectivity index (χ0n) is 28.2. The quantitative estimate of drug-likeness (QED) is 0.213. The zero-order valence-corrected chi connectivity index (χ0v) is 28.2. The SMILES string of the molecule is C[C@H]1[C@H](C)CC[C@]2(C(=O)O)CC[C@]3(C(=O)O)C(=CC[C@H]4[C@@]5(C)CC[C@H](O[C@H]6O[C@@H](C)[C@H](O)[C@@H](O)[C@@H]6O)C(C)(C)[C@@H]5CC[C@]43C)[C@@H]12. The number of aliphatic hydroxyl groups excluding tert-OH is 3. The fourth-order valence-electron chi connectivity index (χ4n) is 12.5. The minimum atomic E-state index is -1.36. The van der Waals surface area contributed by atoms with Gasteiger partial charge in [0.2, 0.25) is 0 Å². The smallest absolute Gasteiger partial charge is 0.314 e.